The monoisotopic (exact) mass is 565 g/mol. The molecule has 0 spiro atoms. The number of ether oxygens (including phenoxy) is 5. The smallest absolute Gasteiger partial charge is 0.417 e. The molecule has 1 saturated heterocycles. The molecule has 35 heavy (non-hydrogen) atoms. The summed E-state index contributed by atoms with van der Waals surface area (Å²) in [6, 6.07) is -0.585. The number of amides is 2. The minimum absolute atomic E-state index is 0.0589. The molecular formula is C23H36BrNO10. The van der Waals surface area contributed by atoms with Gasteiger partial charge in [-0.15, -0.1) is 0 Å². The van der Waals surface area contributed by atoms with Crippen LogP contribution in [0.5, 0.6) is 0 Å². The summed E-state index contributed by atoms with van der Waals surface area (Å²) >= 11 is 3.19. The van der Waals surface area contributed by atoms with E-state index in [0.717, 1.165) is 11.0 Å². The second-order valence-corrected chi connectivity index (χ2v) is 10.1. The van der Waals surface area contributed by atoms with Gasteiger partial charge in [-0.25, -0.2) is 9.69 Å². The van der Waals surface area contributed by atoms with Crippen LogP contribution in [0.4, 0.5) is 4.79 Å². The van der Waals surface area contributed by atoms with Gasteiger partial charge in [0.2, 0.25) is 0 Å². The molecule has 2 rings (SSSR count). The molecule has 4 atom stereocenters. The van der Waals surface area contributed by atoms with Gasteiger partial charge >= 0.3 is 6.09 Å². The van der Waals surface area contributed by atoms with Crippen LogP contribution in [0.2, 0.25) is 0 Å². The molecule has 0 aromatic rings. The minimum atomic E-state index is -1.89. The standard InChI is InChI=1S/C23H36BrNO10/c1-14(2)19-22(3,4)35-21(29)25(19)20(28)18(31-5)17-15(27)13-16(24)23(30,34-17)7-6-9-32-11-12-33-10-8-26/h13-14,17-19,26,30H,6-12H2,1-5H3/t17-,18-,19-,23+/m1/s1. The van der Waals surface area contributed by atoms with Gasteiger partial charge in [-0.2, -0.15) is 0 Å². The van der Waals surface area contributed by atoms with E-state index in [4.69, 9.17) is 28.8 Å². The molecule has 1 fully saturated rings. The fourth-order valence-electron chi connectivity index (χ4n) is 4.41. The number of imide groups is 1. The fourth-order valence-corrected chi connectivity index (χ4v) is 4.93. The maximum absolute atomic E-state index is 13.4. The molecule has 0 aromatic heterocycles. The van der Waals surface area contributed by atoms with Crippen molar-refractivity contribution in [2.75, 3.05) is 40.1 Å². The topological polar surface area (TPSA) is 141 Å². The van der Waals surface area contributed by atoms with Crippen molar-refractivity contribution in [1.29, 1.82) is 0 Å². The van der Waals surface area contributed by atoms with Crippen LogP contribution >= 0.6 is 15.9 Å². The molecule has 2 N–H and O–H groups in total. The van der Waals surface area contributed by atoms with Crippen LogP contribution < -0.4 is 0 Å². The van der Waals surface area contributed by atoms with Gasteiger partial charge in [0.15, 0.2) is 23.8 Å². The van der Waals surface area contributed by atoms with E-state index in [1.54, 1.807) is 13.8 Å². The Morgan fingerprint density at radius 3 is 2.40 bits per heavy atom. The van der Waals surface area contributed by atoms with Gasteiger partial charge in [-0.05, 0) is 48.2 Å². The summed E-state index contributed by atoms with van der Waals surface area (Å²) in [5, 5.41) is 19.8. The second-order valence-electron chi connectivity index (χ2n) is 9.29. The molecule has 0 saturated carbocycles. The summed E-state index contributed by atoms with van der Waals surface area (Å²) in [7, 11) is 1.23. The highest BCUT2D eigenvalue weighted by Crippen LogP contribution is 2.38. The highest BCUT2D eigenvalue weighted by atomic mass is 79.9. The first-order valence-electron chi connectivity index (χ1n) is 11.6. The Morgan fingerprint density at radius 2 is 1.83 bits per heavy atom. The summed E-state index contributed by atoms with van der Waals surface area (Å²) < 4.78 is 27.1. The first kappa shape index (κ1) is 29.8. The predicted octanol–water partition coefficient (Wildman–Crippen LogP) is 1.52. The maximum atomic E-state index is 13.4. The lowest BCUT2D eigenvalue weighted by Crippen LogP contribution is -2.58. The SMILES string of the molecule is CO[C@@H](C(=O)N1C(=O)OC(C)(C)[C@H]1C(C)C)[C@@H]1O[C@@](O)(CCCOCCOCCO)C(Br)=CC1=O. The van der Waals surface area contributed by atoms with Crippen LogP contribution in [0, 0.1) is 5.92 Å². The summed E-state index contributed by atoms with van der Waals surface area (Å²) in [4.78, 5) is 39.8. The van der Waals surface area contributed by atoms with Gasteiger partial charge in [0.05, 0.1) is 37.0 Å². The number of carbonyl (C=O) groups is 3. The van der Waals surface area contributed by atoms with Crippen molar-refractivity contribution in [1.82, 2.24) is 4.90 Å². The fraction of sp³-hybridized carbons (Fsp3) is 0.783. The summed E-state index contributed by atoms with van der Waals surface area (Å²) in [6.07, 6.45) is -2.19. The van der Waals surface area contributed by atoms with Crippen molar-refractivity contribution in [3.63, 3.8) is 0 Å². The Kier molecular flexibility index (Phi) is 10.8. The van der Waals surface area contributed by atoms with Crippen LogP contribution in [-0.4, -0.2) is 103 Å². The van der Waals surface area contributed by atoms with Crippen LogP contribution in [-0.2, 0) is 33.3 Å². The third-order valence-corrected chi connectivity index (χ3v) is 6.68. The molecule has 2 aliphatic heterocycles. The number of hydrogen-bond acceptors (Lipinski definition) is 10. The summed E-state index contributed by atoms with van der Waals surface area (Å²) in [5.41, 5.74) is -0.927. The number of cyclic esters (lactones) is 1. The first-order chi connectivity index (χ1) is 16.4. The van der Waals surface area contributed by atoms with Crippen molar-refractivity contribution in [3.8, 4) is 0 Å². The molecule has 11 nitrogen and oxygen atoms in total. The van der Waals surface area contributed by atoms with E-state index in [-0.39, 0.29) is 36.6 Å². The van der Waals surface area contributed by atoms with Crippen molar-refractivity contribution in [3.05, 3.63) is 10.6 Å². The molecule has 12 heteroatoms. The van der Waals surface area contributed by atoms with Crippen LogP contribution in [0.1, 0.15) is 40.5 Å². The Labute approximate surface area is 213 Å². The third kappa shape index (κ3) is 7.09. The maximum Gasteiger partial charge on any atom is 0.417 e. The van der Waals surface area contributed by atoms with Crippen molar-refractivity contribution in [2.45, 2.75) is 70.2 Å². The molecule has 0 aliphatic carbocycles. The lowest BCUT2D eigenvalue weighted by molar-refractivity contribution is -0.227. The van der Waals surface area contributed by atoms with Gasteiger partial charge in [0, 0.05) is 20.1 Å². The Morgan fingerprint density at radius 1 is 1.20 bits per heavy atom. The van der Waals surface area contributed by atoms with E-state index in [1.807, 2.05) is 13.8 Å². The van der Waals surface area contributed by atoms with Crippen LogP contribution in [0.3, 0.4) is 0 Å². The number of aliphatic hydroxyl groups excluding tert-OH is 1. The third-order valence-electron chi connectivity index (χ3n) is 5.84. The molecule has 0 bridgehead atoms. The number of nitrogens with zero attached hydrogens (tertiary/aromatic N) is 1. The normalized spacial score (nSPS) is 27.2. The van der Waals surface area contributed by atoms with Gasteiger partial charge in [0.25, 0.3) is 5.91 Å². The zero-order valence-corrected chi connectivity index (χ0v) is 22.4. The minimum Gasteiger partial charge on any atom is -0.441 e. The Bertz CT molecular complexity index is 801. The number of methoxy groups -OCH3 is 1. The number of ketones is 1. The summed E-state index contributed by atoms with van der Waals surface area (Å²) in [5.74, 6) is -3.39. The molecule has 2 amide bonds. The van der Waals surface area contributed by atoms with E-state index in [2.05, 4.69) is 15.9 Å². The van der Waals surface area contributed by atoms with E-state index in [0.29, 0.717) is 19.6 Å². The van der Waals surface area contributed by atoms with Gasteiger partial charge in [0.1, 0.15) is 5.60 Å². The van der Waals surface area contributed by atoms with E-state index < -0.39 is 47.4 Å². The molecule has 200 valence electrons. The Hall–Kier alpha value is -1.41. The molecule has 2 heterocycles. The van der Waals surface area contributed by atoms with Crippen molar-refractivity contribution in [2.24, 2.45) is 5.92 Å². The number of halogens is 1. The predicted molar refractivity (Wildman–Crippen MR) is 127 cm³/mol. The number of aliphatic hydroxyl groups is 2. The number of rotatable bonds is 13. The van der Waals surface area contributed by atoms with Gasteiger partial charge < -0.3 is 33.9 Å². The number of hydrogen-bond donors (Lipinski definition) is 2. The number of carbonyl (C=O) groups excluding carboxylic acids is 3. The lowest BCUT2D eigenvalue weighted by Gasteiger charge is -2.38. The van der Waals surface area contributed by atoms with E-state index >= 15 is 0 Å². The average molecular weight is 566 g/mol. The van der Waals surface area contributed by atoms with E-state index in [1.165, 1.54) is 7.11 Å². The summed E-state index contributed by atoms with van der Waals surface area (Å²) in [6.45, 7) is 8.24. The van der Waals surface area contributed by atoms with Gasteiger partial charge in [-0.1, -0.05) is 13.8 Å². The zero-order valence-electron chi connectivity index (χ0n) is 20.8. The molecular weight excluding hydrogens is 530 g/mol. The largest absolute Gasteiger partial charge is 0.441 e. The lowest BCUT2D eigenvalue weighted by atomic mass is 9.88. The average Bonchev–Trinajstić information content (AvgIpc) is 3.02. The molecule has 0 unspecified atom stereocenters. The van der Waals surface area contributed by atoms with Gasteiger partial charge in [-0.3, -0.25) is 9.59 Å². The highest BCUT2D eigenvalue weighted by Gasteiger charge is 2.55. The van der Waals surface area contributed by atoms with Crippen molar-refractivity contribution >= 4 is 33.7 Å². The van der Waals surface area contributed by atoms with Crippen LogP contribution in [0.15, 0.2) is 10.6 Å². The highest BCUT2D eigenvalue weighted by molar-refractivity contribution is 9.11. The zero-order chi connectivity index (χ0) is 26.4. The quantitative estimate of drug-likeness (QED) is 0.315. The Balaban J connectivity index is 2.10. The molecule has 2 aliphatic rings. The second kappa shape index (κ2) is 12.7. The molecule has 0 radical (unpaired) electrons. The van der Waals surface area contributed by atoms with E-state index in [9.17, 15) is 19.5 Å². The first-order valence-corrected chi connectivity index (χ1v) is 12.4. The van der Waals surface area contributed by atoms with Crippen LogP contribution in [0.25, 0.3) is 0 Å². The molecule has 0 aromatic carbocycles. The van der Waals surface area contributed by atoms with Crippen molar-refractivity contribution < 1.29 is 48.3 Å².